The van der Waals surface area contributed by atoms with Crippen molar-refractivity contribution in [2.75, 3.05) is 18.0 Å². The monoisotopic (exact) mass is 533 g/mol. The third kappa shape index (κ3) is 4.71. The van der Waals surface area contributed by atoms with Crippen molar-refractivity contribution in [3.8, 4) is 0 Å². The van der Waals surface area contributed by atoms with Gasteiger partial charge in [-0.05, 0) is 88.3 Å². The third-order valence-electron chi connectivity index (χ3n) is 7.75. The van der Waals surface area contributed by atoms with Crippen LogP contribution in [0.15, 0.2) is 45.8 Å². The molecule has 1 aromatic heterocycles. The summed E-state index contributed by atoms with van der Waals surface area (Å²) in [7, 11) is -3.92. The van der Waals surface area contributed by atoms with Crippen LogP contribution in [0.25, 0.3) is 12.2 Å². The summed E-state index contributed by atoms with van der Waals surface area (Å²) in [6.45, 7) is 10.3. The Labute approximate surface area is 225 Å². The van der Waals surface area contributed by atoms with Gasteiger partial charge in [0.1, 0.15) is 5.69 Å². The Balaban J connectivity index is 1.41. The molecule has 0 bridgehead atoms. The summed E-state index contributed by atoms with van der Waals surface area (Å²) in [6.07, 6.45) is 5.67. The SMILES string of the molecule is Cc1cc(C)c(C=Cc2onc(C)c2S(=O)(=O)N2CCCC(C(=O)N3c4ccccc4CC3C)C2)c(C)c1. The van der Waals surface area contributed by atoms with E-state index in [0.29, 0.717) is 25.1 Å². The summed E-state index contributed by atoms with van der Waals surface area (Å²) in [5.74, 6) is -0.198. The molecule has 1 saturated heterocycles. The lowest BCUT2D eigenvalue weighted by atomic mass is 9.97. The Morgan fingerprint density at radius 2 is 1.79 bits per heavy atom. The Morgan fingerprint density at radius 3 is 2.53 bits per heavy atom. The average molecular weight is 534 g/mol. The molecule has 2 aliphatic rings. The van der Waals surface area contributed by atoms with Gasteiger partial charge in [-0.25, -0.2) is 8.42 Å². The molecule has 0 aliphatic carbocycles. The van der Waals surface area contributed by atoms with Crippen molar-refractivity contribution in [1.29, 1.82) is 0 Å². The number of benzene rings is 2. The minimum absolute atomic E-state index is 0.00479. The number of aromatic nitrogens is 1. The van der Waals surface area contributed by atoms with E-state index >= 15 is 0 Å². The van der Waals surface area contributed by atoms with Gasteiger partial charge in [0.15, 0.2) is 10.7 Å². The summed E-state index contributed by atoms with van der Waals surface area (Å²) in [6, 6.07) is 12.2. The highest BCUT2D eigenvalue weighted by Gasteiger charge is 2.40. The molecule has 200 valence electrons. The van der Waals surface area contributed by atoms with E-state index in [1.165, 1.54) is 9.87 Å². The molecule has 2 atom stereocenters. The van der Waals surface area contributed by atoms with Crippen molar-refractivity contribution in [2.24, 2.45) is 5.92 Å². The molecule has 8 heteroatoms. The van der Waals surface area contributed by atoms with Crippen LogP contribution in [-0.2, 0) is 21.2 Å². The average Bonchev–Trinajstić information content (AvgIpc) is 3.41. The molecular formula is C30H35N3O4S. The zero-order chi connectivity index (χ0) is 27.2. The second kappa shape index (κ2) is 10.2. The Kier molecular flexibility index (Phi) is 7.05. The lowest BCUT2D eigenvalue weighted by Crippen LogP contribution is -2.48. The molecule has 0 radical (unpaired) electrons. The number of sulfonamides is 1. The second-order valence-corrected chi connectivity index (χ2v) is 12.6. The first kappa shape index (κ1) is 26.4. The fraction of sp³-hybridized carbons (Fsp3) is 0.400. The molecule has 7 nitrogen and oxygen atoms in total. The molecule has 2 unspecified atom stereocenters. The standard InChI is InChI=1S/C30H35N3O4S/c1-19-15-20(2)26(21(3)16-19)12-13-28-29(23(5)31-37-28)38(35,36)32-14-8-10-25(18-32)30(34)33-22(4)17-24-9-6-7-11-27(24)33/h6-7,9,11-13,15-16,22,25H,8,10,14,17-18H2,1-5H3. The number of aryl methyl sites for hydroxylation is 4. The molecule has 1 fully saturated rings. The molecule has 0 N–H and O–H groups in total. The topological polar surface area (TPSA) is 83.7 Å². The van der Waals surface area contributed by atoms with Gasteiger partial charge in [-0.15, -0.1) is 0 Å². The van der Waals surface area contributed by atoms with E-state index in [2.05, 4.69) is 30.3 Å². The maximum absolute atomic E-state index is 13.9. The van der Waals surface area contributed by atoms with E-state index in [9.17, 15) is 13.2 Å². The predicted molar refractivity (Wildman–Crippen MR) is 149 cm³/mol. The summed E-state index contributed by atoms with van der Waals surface area (Å²) < 4.78 is 34.7. The van der Waals surface area contributed by atoms with E-state index in [1.54, 1.807) is 13.0 Å². The van der Waals surface area contributed by atoms with Crippen LogP contribution in [-0.4, -0.2) is 42.9 Å². The molecule has 1 amide bonds. The number of hydrogen-bond acceptors (Lipinski definition) is 5. The molecular weight excluding hydrogens is 498 g/mol. The van der Waals surface area contributed by atoms with Gasteiger partial charge in [0.05, 0.1) is 5.92 Å². The van der Waals surface area contributed by atoms with E-state index < -0.39 is 15.9 Å². The molecule has 38 heavy (non-hydrogen) atoms. The smallest absolute Gasteiger partial charge is 0.248 e. The number of fused-ring (bicyclic) bond motifs is 1. The van der Waals surface area contributed by atoms with Crippen molar-refractivity contribution >= 4 is 33.8 Å². The van der Waals surface area contributed by atoms with Crippen molar-refractivity contribution in [2.45, 2.75) is 64.8 Å². The molecule has 2 aromatic carbocycles. The van der Waals surface area contributed by atoms with Gasteiger partial charge in [-0.3, -0.25) is 4.79 Å². The summed E-state index contributed by atoms with van der Waals surface area (Å²) >= 11 is 0. The largest absolute Gasteiger partial charge is 0.355 e. The number of hydrogen-bond donors (Lipinski definition) is 0. The number of anilines is 1. The predicted octanol–water partition coefficient (Wildman–Crippen LogP) is 5.46. The highest BCUT2D eigenvalue weighted by atomic mass is 32.2. The number of piperidine rings is 1. The van der Waals surface area contributed by atoms with E-state index in [4.69, 9.17) is 4.52 Å². The number of amides is 1. The molecule has 3 aromatic rings. The van der Waals surface area contributed by atoms with Crippen LogP contribution in [0.5, 0.6) is 0 Å². The van der Waals surface area contributed by atoms with Crippen LogP contribution < -0.4 is 4.90 Å². The quantitative estimate of drug-likeness (QED) is 0.435. The van der Waals surface area contributed by atoms with Crippen molar-refractivity contribution in [1.82, 2.24) is 9.46 Å². The van der Waals surface area contributed by atoms with Crippen LogP contribution in [0.2, 0.25) is 0 Å². The van der Waals surface area contributed by atoms with Crippen molar-refractivity contribution in [3.63, 3.8) is 0 Å². The van der Waals surface area contributed by atoms with Gasteiger partial charge in [-0.1, -0.05) is 47.1 Å². The minimum Gasteiger partial charge on any atom is -0.355 e. The maximum Gasteiger partial charge on any atom is 0.248 e. The number of para-hydroxylation sites is 1. The summed E-state index contributed by atoms with van der Waals surface area (Å²) in [5.41, 5.74) is 6.83. The molecule has 0 saturated carbocycles. The highest BCUT2D eigenvalue weighted by Crippen LogP contribution is 2.36. The van der Waals surface area contributed by atoms with Gasteiger partial charge in [0, 0.05) is 24.8 Å². The minimum atomic E-state index is -3.92. The zero-order valence-corrected chi connectivity index (χ0v) is 23.5. The Bertz CT molecular complexity index is 1500. The maximum atomic E-state index is 13.9. The fourth-order valence-electron chi connectivity index (χ4n) is 6.00. The third-order valence-corrected chi connectivity index (χ3v) is 9.77. The van der Waals surface area contributed by atoms with Crippen LogP contribution in [0.3, 0.4) is 0 Å². The Morgan fingerprint density at radius 1 is 1.08 bits per heavy atom. The van der Waals surface area contributed by atoms with Crippen molar-refractivity contribution < 1.29 is 17.7 Å². The van der Waals surface area contributed by atoms with Gasteiger partial charge in [0.2, 0.25) is 15.9 Å². The van der Waals surface area contributed by atoms with Gasteiger partial charge >= 0.3 is 0 Å². The molecule has 3 heterocycles. The summed E-state index contributed by atoms with van der Waals surface area (Å²) in [4.78, 5) is 15.6. The molecule has 5 rings (SSSR count). The van der Waals surface area contributed by atoms with E-state index in [1.807, 2.05) is 49.9 Å². The fourth-order valence-corrected chi connectivity index (χ4v) is 7.78. The van der Waals surface area contributed by atoms with Gasteiger partial charge in [0.25, 0.3) is 0 Å². The van der Waals surface area contributed by atoms with Crippen LogP contribution in [0.1, 0.15) is 59.0 Å². The lowest BCUT2D eigenvalue weighted by Gasteiger charge is -2.34. The number of nitrogens with zero attached hydrogens (tertiary/aromatic N) is 3. The number of carbonyl (C=O) groups excluding carboxylic acids is 1. The van der Waals surface area contributed by atoms with Crippen LogP contribution in [0.4, 0.5) is 5.69 Å². The van der Waals surface area contributed by atoms with Crippen LogP contribution >= 0.6 is 0 Å². The summed E-state index contributed by atoms with van der Waals surface area (Å²) in [5, 5.41) is 3.99. The van der Waals surface area contributed by atoms with Crippen molar-refractivity contribution in [3.05, 3.63) is 75.7 Å². The highest BCUT2D eigenvalue weighted by molar-refractivity contribution is 7.89. The molecule has 0 spiro atoms. The normalized spacial score (nSPS) is 20.3. The number of carbonyl (C=O) groups is 1. The molecule has 2 aliphatic heterocycles. The lowest BCUT2D eigenvalue weighted by molar-refractivity contribution is -0.123. The zero-order valence-electron chi connectivity index (χ0n) is 22.7. The van der Waals surface area contributed by atoms with Crippen LogP contribution in [0, 0.1) is 33.6 Å². The van der Waals surface area contributed by atoms with Gasteiger partial charge < -0.3 is 9.42 Å². The first-order valence-corrected chi connectivity index (χ1v) is 14.6. The van der Waals surface area contributed by atoms with Gasteiger partial charge in [-0.2, -0.15) is 4.31 Å². The number of rotatable bonds is 5. The Hall–Kier alpha value is -3.23. The first-order valence-electron chi connectivity index (χ1n) is 13.2. The first-order chi connectivity index (χ1) is 18.1. The van der Waals surface area contributed by atoms with E-state index in [0.717, 1.165) is 34.4 Å². The second-order valence-electron chi connectivity index (χ2n) is 10.7. The van der Waals surface area contributed by atoms with E-state index in [-0.39, 0.29) is 29.1 Å².